The molecule has 2 rings (SSSR count). The highest BCUT2D eigenvalue weighted by atomic mass is 15.1. The van der Waals surface area contributed by atoms with Crippen LogP contribution in [-0.2, 0) is 6.54 Å². The average molecular weight is 257 g/mol. The van der Waals surface area contributed by atoms with Crippen molar-refractivity contribution in [2.24, 2.45) is 0 Å². The first-order valence-electron chi connectivity index (χ1n) is 6.41. The zero-order chi connectivity index (χ0) is 13.7. The monoisotopic (exact) mass is 257 g/mol. The van der Waals surface area contributed by atoms with Crippen LogP contribution in [0.25, 0.3) is 0 Å². The highest BCUT2D eigenvalue weighted by Gasteiger charge is 2.04. The Bertz CT molecular complexity index is 553. The Hall–Kier alpha value is -2.17. The Balaban J connectivity index is 2.10. The lowest BCUT2D eigenvalue weighted by molar-refractivity contribution is 1.02. The van der Waals surface area contributed by atoms with Crippen molar-refractivity contribution in [3.63, 3.8) is 0 Å². The summed E-state index contributed by atoms with van der Waals surface area (Å²) in [6.07, 6.45) is 5.50. The van der Waals surface area contributed by atoms with Gasteiger partial charge in [-0.15, -0.1) is 0 Å². The molecule has 0 spiro atoms. The van der Waals surface area contributed by atoms with Gasteiger partial charge in [0.1, 0.15) is 5.82 Å². The molecule has 2 aromatic rings. The van der Waals surface area contributed by atoms with Crippen LogP contribution in [0.15, 0.2) is 24.7 Å². The molecule has 0 aliphatic carbocycles. The van der Waals surface area contributed by atoms with E-state index >= 15 is 0 Å². The normalized spacial score (nSPS) is 10.3. The quantitative estimate of drug-likeness (QED) is 0.861. The second-order valence-electron chi connectivity index (χ2n) is 4.41. The maximum absolute atomic E-state index is 4.46. The lowest BCUT2D eigenvalue weighted by Gasteiger charge is -2.11. The number of hydrogen-bond donors (Lipinski definition) is 2. The summed E-state index contributed by atoms with van der Waals surface area (Å²) in [6, 6.07) is 2.02. The van der Waals surface area contributed by atoms with E-state index in [0.717, 1.165) is 24.5 Å². The van der Waals surface area contributed by atoms with Gasteiger partial charge in [-0.3, -0.25) is 4.98 Å². The van der Waals surface area contributed by atoms with Crippen molar-refractivity contribution in [3.8, 4) is 0 Å². The molecule has 2 heterocycles. The van der Waals surface area contributed by atoms with Crippen LogP contribution < -0.4 is 10.6 Å². The molecular weight excluding hydrogens is 238 g/mol. The van der Waals surface area contributed by atoms with Gasteiger partial charge in [-0.2, -0.15) is 4.98 Å². The Labute approximate surface area is 113 Å². The number of nitrogens with one attached hydrogen (secondary N) is 2. The topological polar surface area (TPSA) is 62.7 Å². The molecule has 19 heavy (non-hydrogen) atoms. The third-order valence-corrected chi connectivity index (χ3v) is 2.89. The van der Waals surface area contributed by atoms with Gasteiger partial charge in [0.15, 0.2) is 0 Å². The van der Waals surface area contributed by atoms with E-state index in [1.54, 1.807) is 6.20 Å². The van der Waals surface area contributed by atoms with Gasteiger partial charge in [0.2, 0.25) is 5.95 Å². The van der Waals surface area contributed by atoms with E-state index in [-0.39, 0.29) is 0 Å². The Kier molecular flexibility index (Phi) is 4.28. The summed E-state index contributed by atoms with van der Waals surface area (Å²) in [7, 11) is 0. The number of anilines is 2. The fraction of sp³-hybridized carbons (Fsp3) is 0.357. The van der Waals surface area contributed by atoms with Gasteiger partial charge in [0.05, 0.1) is 0 Å². The Morgan fingerprint density at radius 2 is 1.95 bits per heavy atom. The molecule has 5 nitrogen and oxygen atoms in total. The van der Waals surface area contributed by atoms with Crippen LogP contribution in [0, 0.1) is 13.8 Å². The predicted octanol–water partition coefficient (Wildman–Crippen LogP) is 2.53. The SMILES string of the molecule is CCNc1ncc(C)c(NCc2ccncc2C)n1. The molecule has 5 heteroatoms. The molecule has 100 valence electrons. The summed E-state index contributed by atoms with van der Waals surface area (Å²) in [6.45, 7) is 7.62. The number of nitrogens with zero attached hydrogens (tertiary/aromatic N) is 3. The molecule has 0 radical (unpaired) electrons. The first-order chi connectivity index (χ1) is 9.20. The lowest BCUT2D eigenvalue weighted by atomic mass is 10.1. The highest BCUT2D eigenvalue weighted by molar-refractivity contribution is 5.47. The second-order valence-corrected chi connectivity index (χ2v) is 4.41. The third-order valence-electron chi connectivity index (χ3n) is 2.89. The standard InChI is InChI=1S/C14H19N5/c1-4-16-14-18-8-11(3)13(19-14)17-9-12-5-6-15-7-10(12)2/h5-8H,4,9H2,1-3H3,(H2,16,17,18,19). The zero-order valence-electron chi connectivity index (χ0n) is 11.6. The summed E-state index contributed by atoms with van der Waals surface area (Å²) in [5.41, 5.74) is 3.43. The van der Waals surface area contributed by atoms with Crippen molar-refractivity contribution in [2.75, 3.05) is 17.2 Å². The van der Waals surface area contributed by atoms with E-state index in [2.05, 4.69) is 32.5 Å². The maximum Gasteiger partial charge on any atom is 0.224 e. The summed E-state index contributed by atoms with van der Waals surface area (Å²) < 4.78 is 0. The van der Waals surface area contributed by atoms with Gasteiger partial charge >= 0.3 is 0 Å². The molecule has 0 amide bonds. The molecule has 2 N–H and O–H groups in total. The van der Waals surface area contributed by atoms with E-state index in [1.165, 1.54) is 11.1 Å². The highest BCUT2D eigenvalue weighted by Crippen LogP contribution is 2.14. The van der Waals surface area contributed by atoms with Gasteiger partial charge in [-0.1, -0.05) is 0 Å². The zero-order valence-corrected chi connectivity index (χ0v) is 11.6. The van der Waals surface area contributed by atoms with Gasteiger partial charge in [-0.25, -0.2) is 4.98 Å². The van der Waals surface area contributed by atoms with E-state index < -0.39 is 0 Å². The van der Waals surface area contributed by atoms with Gasteiger partial charge in [0.25, 0.3) is 0 Å². The Morgan fingerprint density at radius 1 is 1.11 bits per heavy atom. The molecule has 0 saturated heterocycles. The van der Waals surface area contributed by atoms with E-state index in [0.29, 0.717) is 5.95 Å². The first kappa shape index (κ1) is 13.3. The van der Waals surface area contributed by atoms with Crippen LogP contribution in [0.3, 0.4) is 0 Å². The summed E-state index contributed by atoms with van der Waals surface area (Å²) in [5.74, 6) is 1.52. The van der Waals surface area contributed by atoms with E-state index in [9.17, 15) is 0 Å². The van der Waals surface area contributed by atoms with Crippen LogP contribution in [0.4, 0.5) is 11.8 Å². The minimum Gasteiger partial charge on any atom is -0.366 e. The van der Waals surface area contributed by atoms with E-state index in [4.69, 9.17) is 0 Å². The van der Waals surface area contributed by atoms with Gasteiger partial charge in [-0.05, 0) is 38.0 Å². The number of pyridine rings is 1. The number of hydrogen-bond acceptors (Lipinski definition) is 5. The van der Waals surface area contributed by atoms with Crippen molar-refractivity contribution < 1.29 is 0 Å². The smallest absolute Gasteiger partial charge is 0.224 e. The first-order valence-corrected chi connectivity index (χ1v) is 6.41. The summed E-state index contributed by atoms with van der Waals surface area (Å²) in [5, 5.41) is 6.46. The number of rotatable bonds is 5. The molecule has 0 bridgehead atoms. The molecule has 0 fully saturated rings. The van der Waals surface area contributed by atoms with Gasteiger partial charge in [0, 0.05) is 37.2 Å². The molecular formula is C14H19N5. The van der Waals surface area contributed by atoms with E-state index in [1.807, 2.05) is 32.3 Å². The van der Waals surface area contributed by atoms with Crippen LogP contribution in [-0.4, -0.2) is 21.5 Å². The van der Waals surface area contributed by atoms with Crippen molar-refractivity contribution in [1.29, 1.82) is 0 Å². The largest absolute Gasteiger partial charge is 0.366 e. The van der Waals surface area contributed by atoms with Crippen molar-refractivity contribution in [1.82, 2.24) is 15.0 Å². The average Bonchev–Trinajstić information content (AvgIpc) is 2.41. The second kappa shape index (κ2) is 6.13. The lowest BCUT2D eigenvalue weighted by Crippen LogP contribution is -2.08. The molecule has 0 aliphatic heterocycles. The summed E-state index contributed by atoms with van der Waals surface area (Å²) in [4.78, 5) is 12.8. The molecule has 2 aromatic heterocycles. The van der Waals surface area contributed by atoms with Crippen molar-refractivity contribution in [2.45, 2.75) is 27.3 Å². The van der Waals surface area contributed by atoms with Crippen LogP contribution in [0.5, 0.6) is 0 Å². The fourth-order valence-electron chi connectivity index (χ4n) is 1.74. The molecule has 0 aliphatic rings. The third kappa shape index (κ3) is 3.40. The van der Waals surface area contributed by atoms with Crippen LogP contribution in [0.1, 0.15) is 23.6 Å². The Morgan fingerprint density at radius 3 is 2.68 bits per heavy atom. The summed E-state index contributed by atoms with van der Waals surface area (Å²) >= 11 is 0. The maximum atomic E-state index is 4.46. The minimum atomic E-state index is 0.655. The van der Waals surface area contributed by atoms with Gasteiger partial charge < -0.3 is 10.6 Å². The predicted molar refractivity (Wildman–Crippen MR) is 77.2 cm³/mol. The minimum absolute atomic E-state index is 0.655. The van der Waals surface area contributed by atoms with Crippen LogP contribution in [0.2, 0.25) is 0 Å². The van der Waals surface area contributed by atoms with Crippen molar-refractivity contribution in [3.05, 3.63) is 41.3 Å². The molecule has 0 unspecified atom stereocenters. The number of aryl methyl sites for hydroxylation is 2. The molecule has 0 atom stereocenters. The van der Waals surface area contributed by atoms with Crippen LogP contribution >= 0.6 is 0 Å². The fourth-order valence-corrected chi connectivity index (χ4v) is 1.74. The number of aromatic nitrogens is 3. The molecule has 0 saturated carbocycles. The molecule has 0 aromatic carbocycles. The van der Waals surface area contributed by atoms with Crippen molar-refractivity contribution >= 4 is 11.8 Å².